The minimum atomic E-state index is -0.281. The molecule has 1 N–H and O–H groups in total. The van der Waals surface area contributed by atoms with E-state index in [2.05, 4.69) is 4.98 Å². The molecule has 0 bridgehead atoms. The Labute approximate surface area is 100 Å². The van der Waals surface area contributed by atoms with Gasteiger partial charge in [0.25, 0.3) is 5.91 Å². The third kappa shape index (κ3) is 2.62. The van der Waals surface area contributed by atoms with Crippen LogP contribution in [0.15, 0.2) is 18.3 Å². The van der Waals surface area contributed by atoms with Gasteiger partial charge in [-0.1, -0.05) is 6.07 Å². The van der Waals surface area contributed by atoms with E-state index >= 15 is 0 Å². The van der Waals surface area contributed by atoms with Crippen LogP contribution < -0.4 is 0 Å². The Morgan fingerprint density at radius 3 is 3.24 bits per heavy atom. The van der Waals surface area contributed by atoms with Gasteiger partial charge in [0.15, 0.2) is 0 Å². The second-order valence-corrected chi connectivity index (χ2v) is 4.10. The fourth-order valence-corrected chi connectivity index (χ4v) is 1.87. The Hall–Kier alpha value is -1.46. The first-order valence-corrected chi connectivity index (χ1v) is 5.65. The maximum Gasteiger partial charge on any atom is 0.272 e. The summed E-state index contributed by atoms with van der Waals surface area (Å²) in [4.78, 5) is 18.0. The van der Waals surface area contributed by atoms with Crippen LogP contribution in [0.3, 0.4) is 0 Å². The van der Waals surface area contributed by atoms with E-state index in [1.165, 1.54) is 0 Å². The summed E-state index contributed by atoms with van der Waals surface area (Å²) in [5.41, 5.74) is 1.34. The first-order valence-electron chi connectivity index (χ1n) is 5.65. The lowest BCUT2D eigenvalue weighted by molar-refractivity contribution is -0.0448. The van der Waals surface area contributed by atoms with Crippen molar-refractivity contribution >= 4 is 5.91 Å². The molecule has 1 unspecified atom stereocenters. The van der Waals surface area contributed by atoms with Gasteiger partial charge in [0, 0.05) is 19.3 Å². The van der Waals surface area contributed by atoms with E-state index in [9.17, 15) is 4.79 Å². The van der Waals surface area contributed by atoms with Crippen molar-refractivity contribution in [3.8, 4) is 0 Å². The largest absolute Gasteiger partial charge is 0.394 e. The van der Waals surface area contributed by atoms with Crippen molar-refractivity contribution in [3.05, 3.63) is 29.6 Å². The zero-order valence-corrected chi connectivity index (χ0v) is 9.80. The Bertz CT molecular complexity index is 408. The summed E-state index contributed by atoms with van der Waals surface area (Å²) in [6.07, 6.45) is 1.33. The minimum absolute atomic E-state index is 0.0645. The summed E-state index contributed by atoms with van der Waals surface area (Å²) in [5, 5.41) is 9.04. The van der Waals surface area contributed by atoms with Gasteiger partial charge in [-0.2, -0.15) is 0 Å². The fourth-order valence-electron chi connectivity index (χ4n) is 1.87. The number of aryl methyl sites for hydroxylation is 1. The summed E-state index contributed by atoms with van der Waals surface area (Å²) in [6.45, 7) is 3.23. The van der Waals surface area contributed by atoms with Crippen LogP contribution in [0.1, 0.15) is 16.1 Å². The average Bonchev–Trinajstić information content (AvgIpc) is 2.38. The lowest BCUT2D eigenvalue weighted by Crippen LogP contribution is -2.47. The Balaban J connectivity index is 2.12. The normalized spacial score (nSPS) is 20.4. The highest BCUT2D eigenvalue weighted by molar-refractivity contribution is 5.93. The molecule has 1 aliphatic heterocycles. The third-order valence-electron chi connectivity index (χ3n) is 2.84. The van der Waals surface area contributed by atoms with Crippen molar-refractivity contribution < 1.29 is 14.6 Å². The van der Waals surface area contributed by atoms with Crippen molar-refractivity contribution in [1.82, 2.24) is 9.88 Å². The molecular formula is C12H16N2O3. The maximum absolute atomic E-state index is 12.2. The Morgan fingerprint density at radius 1 is 1.71 bits per heavy atom. The minimum Gasteiger partial charge on any atom is -0.394 e. The molecule has 1 fully saturated rings. The predicted octanol–water partition coefficient (Wildman–Crippen LogP) is 0.223. The van der Waals surface area contributed by atoms with Crippen LogP contribution in [-0.4, -0.2) is 53.3 Å². The highest BCUT2D eigenvalue weighted by atomic mass is 16.5. The van der Waals surface area contributed by atoms with E-state index in [0.29, 0.717) is 25.4 Å². The monoisotopic (exact) mass is 236 g/mol. The molecule has 0 saturated carbocycles. The molecule has 1 aromatic heterocycles. The average molecular weight is 236 g/mol. The third-order valence-corrected chi connectivity index (χ3v) is 2.84. The van der Waals surface area contributed by atoms with Gasteiger partial charge in [-0.15, -0.1) is 0 Å². The van der Waals surface area contributed by atoms with Crippen LogP contribution in [-0.2, 0) is 4.74 Å². The highest BCUT2D eigenvalue weighted by Gasteiger charge is 2.25. The van der Waals surface area contributed by atoms with Gasteiger partial charge in [0.1, 0.15) is 5.69 Å². The molecule has 5 heteroatoms. The van der Waals surface area contributed by atoms with Gasteiger partial charge in [0.05, 0.1) is 19.3 Å². The smallest absolute Gasteiger partial charge is 0.272 e. The second-order valence-electron chi connectivity index (χ2n) is 4.10. The lowest BCUT2D eigenvalue weighted by Gasteiger charge is -2.32. The molecule has 0 radical (unpaired) electrons. The van der Waals surface area contributed by atoms with Crippen molar-refractivity contribution in [2.75, 3.05) is 26.3 Å². The highest BCUT2D eigenvalue weighted by Crippen LogP contribution is 2.11. The number of amides is 1. The number of hydrogen-bond donors (Lipinski definition) is 1. The molecule has 92 valence electrons. The van der Waals surface area contributed by atoms with E-state index in [0.717, 1.165) is 5.56 Å². The van der Waals surface area contributed by atoms with Crippen LogP contribution in [0, 0.1) is 6.92 Å². The summed E-state index contributed by atoms with van der Waals surface area (Å²) >= 11 is 0. The van der Waals surface area contributed by atoms with E-state index in [-0.39, 0.29) is 18.6 Å². The molecule has 17 heavy (non-hydrogen) atoms. The van der Waals surface area contributed by atoms with Crippen LogP contribution in [0.5, 0.6) is 0 Å². The molecule has 0 spiro atoms. The fraction of sp³-hybridized carbons (Fsp3) is 0.500. The van der Waals surface area contributed by atoms with Gasteiger partial charge in [-0.05, 0) is 18.6 Å². The number of carbonyl (C=O) groups is 1. The van der Waals surface area contributed by atoms with Crippen molar-refractivity contribution in [2.45, 2.75) is 13.0 Å². The molecule has 2 heterocycles. The van der Waals surface area contributed by atoms with Crippen LogP contribution >= 0.6 is 0 Å². The standard InChI is InChI=1S/C12H16N2O3/c1-9-3-2-4-13-11(9)12(16)14-5-6-17-10(7-14)8-15/h2-4,10,15H,5-8H2,1H3. The maximum atomic E-state index is 12.2. The molecule has 1 atom stereocenters. The number of rotatable bonds is 2. The molecule has 1 aromatic rings. The van der Waals surface area contributed by atoms with Crippen LogP contribution in [0.25, 0.3) is 0 Å². The van der Waals surface area contributed by atoms with Crippen molar-refractivity contribution in [2.24, 2.45) is 0 Å². The zero-order chi connectivity index (χ0) is 12.3. The van der Waals surface area contributed by atoms with Crippen LogP contribution in [0.2, 0.25) is 0 Å². The zero-order valence-electron chi connectivity index (χ0n) is 9.80. The van der Waals surface area contributed by atoms with E-state index in [1.807, 2.05) is 19.1 Å². The number of pyridine rings is 1. The molecule has 1 amide bonds. The lowest BCUT2D eigenvalue weighted by atomic mass is 10.2. The molecule has 0 aromatic carbocycles. The Kier molecular flexibility index (Phi) is 3.71. The van der Waals surface area contributed by atoms with E-state index in [1.54, 1.807) is 11.1 Å². The predicted molar refractivity (Wildman–Crippen MR) is 61.7 cm³/mol. The van der Waals surface area contributed by atoms with Crippen molar-refractivity contribution in [3.63, 3.8) is 0 Å². The number of hydrogen-bond acceptors (Lipinski definition) is 4. The molecule has 5 nitrogen and oxygen atoms in total. The van der Waals surface area contributed by atoms with E-state index in [4.69, 9.17) is 9.84 Å². The summed E-state index contributed by atoms with van der Waals surface area (Å²) in [6, 6.07) is 3.67. The molecule has 1 saturated heterocycles. The quantitative estimate of drug-likeness (QED) is 0.798. The number of ether oxygens (including phenoxy) is 1. The summed E-state index contributed by atoms with van der Waals surface area (Å²) < 4.78 is 5.31. The summed E-state index contributed by atoms with van der Waals surface area (Å²) in [7, 11) is 0. The first-order chi connectivity index (χ1) is 8.22. The number of carbonyl (C=O) groups excluding carboxylic acids is 1. The molecule has 2 rings (SSSR count). The second kappa shape index (κ2) is 5.25. The molecule has 0 aliphatic carbocycles. The molecular weight excluding hydrogens is 220 g/mol. The Morgan fingerprint density at radius 2 is 2.53 bits per heavy atom. The van der Waals surface area contributed by atoms with Gasteiger partial charge in [-0.25, -0.2) is 0 Å². The number of morpholine rings is 1. The van der Waals surface area contributed by atoms with E-state index < -0.39 is 0 Å². The van der Waals surface area contributed by atoms with Gasteiger partial charge < -0.3 is 14.7 Å². The number of aromatic nitrogens is 1. The first kappa shape index (κ1) is 12.0. The van der Waals surface area contributed by atoms with Crippen molar-refractivity contribution in [1.29, 1.82) is 0 Å². The summed E-state index contributed by atoms with van der Waals surface area (Å²) in [5.74, 6) is -0.0927. The number of aliphatic hydroxyl groups is 1. The number of nitrogens with zero attached hydrogens (tertiary/aromatic N) is 2. The van der Waals surface area contributed by atoms with Gasteiger partial charge >= 0.3 is 0 Å². The van der Waals surface area contributed by atoms with Gasteiger partial charge in [-0.3, -0.25) is 9.78 Å². The molecule has 1 aliphatic rings. The van der Waals surface area contributed by atoms with Gasteiger partial charge in [0.2, 0.25) is 0 Å². The van der Waals surface area contributed by atoms with Crippen LogP contribution in [0.4, 0.5) is 0 Å². The topological polar surface area (TPSA) is 62.7 Å². The number of aliphatic hydroxyl groups excluding tert-OH is 1. The SMILES string of the molecule is Cc1cccnc1C(=O)N1CCOC(CO)C1.